The standard InChI is InChI=1S/C29H24ClN3O6/c1-16(20-7-5-6-8-22(20)30)37-28(35)33-26-21-11-14-31-15-24(21)39-23(26)9-10-25-32-27(17(2)36-25)38-19(4)29(12-13-29)18(3)34/h5-8,11,14-16,34H,3-4,12-13H2,1-2H3,(H,33,35). The number of aryl methyl sites for hydroxylation is 1. The summed E-state index contributed by atoms with van der Waals surface area (Å²) >= 11 is 6.23. The molecule has 3 heterocycles. The number of halogens is 1. The first kappa shape index (κ1) is 25.9. The molecule has 0 saturated heterocycles. The number of rotatable bonds is 7. The van der Waals surface area contributed by atoms with Crippen LogP contribution in [-0.4, -0.2) is 21.2 Å². The summed E-state index contributed by atoms with van der Waals surface area (Å²) in [5, 5.41) is 13.7. The Morgan fingerprint density at radius 3 is 2.72 bits per heavy atom. The molecule has 9 nitrogen and oxygen atoms in total. The van der Waals surface area contributed by atoms with E-state index in [0.29, 0.717) is 51.6 Å². The molecule has 1 fully saturated rings. The minimum atomic E-state index is -0.717. The number of fused-ring (bicyclic) bond motifs is 1. The number of hydrogen-bond acceptors (Lipinski definition) is 8. The fourth-order valence-electron chi connectivity index (χ4n) is 4.03. The number of anilines is 1. The molecule has 1 unspecified atom stereocenters. The van der Waals surface area contributed by atoms with Crippen molar-refractivity contribution in [2.45, 2.75) is 32.8 Å². The summed E-state index contributed by atoms with van der Waals surface area (Å²) in [4.78, 5) is 21.1. The first-order chi connectivity index (χ1) is 18.7. The van der Waals surface area contributed by atoms with Crippen LogP contribution in [0.1, 0.15) is 48.8 Å². The Kier molecular flexibility index (Phi) is 6.81. The topological polar surface area (TPSA) is 120 Å². The first-order valence-corrected chi connectivity index (χ1v) is 12.4. The highest BCUT2D eigenvalue weighted by molar-refractivity contribution is 6.31. The second-order valence-corrected chi connectivity index (χ2v) is 9.46. The van der Waals surface area contributed by atoms with E-state index >= 15 is 0 Å². The molecule has 0 radical (unpaired) electrons. The number of aliphatic hydroxyl groups excluding tert-OH is 1. The fraction of sp³-hybridized carbons (Fsp3) is 0.207. The lowest BCUT2D eigenvalue weighted by atomic mass is 10.0. The number of nitrogens with one attached hydrogen (secondary N) is 1. The van der Waals surface area contributed by atoms with E-state index < -0.39 is 17.6 Å². The zero-order valence-electron chi connectivity index (χ0n) is 21.2. The molecule has 3 aromatic heterocycles. The molecule has 5 rings (SSSR count). The van der Waals surface area contributed by atoms with Crippen molar-refractivity contribution in [3.05, 3.63) is 95.4 Å². The van der Waals surface area contributed by atoms with Gasteiger partial charge < -0.3 is 23.4 Å². The van der Waals surface area contributed by atoms with Crippen molar-refractivity contribution >= 4 is 34.4 Å². The maximum absolute atomic E-state index is 12.8. The van der Waals surface area contributed by atoms with E-state index in [0.717, 1.165) is 0 Å². The van der Waals surface area contributed by atoms with Crippen molar-refractivity contribution in [2.75, 3.05) is 5.32 Å². The summed E-state index contributed by atoms with van der Waals surface area (Å²) in [7, 11) is 0. The third-order valence-electron chi connectivity index (χ3n) is 6.44. The minimum Gasteiger partial charge on any atom is -0.512 e. The van der Waals surface area contributed by atoms with Crippen molar-refractivity contribution in [3.63, 3.8) is 0 Å². The molecule has 1 atom stereocenters. The van der Waals surface area contributed by atoms with Crippen molar-refractivity contribution in [3.8, 4) is 17.7 Å². The van der Waals surface area contributed by atoms with Gasteiger partial charge in [0.2, 0.25) is 5.76 Å². The number of amides is 1. The molecule has 1 amide bonds. The van der Waals surface area contributed by atoms with Gasteiger partial charge in [-0.2, -0.15) is 4.98 Å². The number of ether oxygens (including phenoxy) is 2. The molecule has 1 aliphatic rings. The first-order valence-electron chi connectivity index (χ1n) is 12.0. The Bertz CT molecular complexity index is 1670. The number of nitrogens with zero attached hydrogens (tertiary/aromatic N) is 2. The number of benzene rings is 1. The Morgan fingerprint density at radius 1 is 1.23 bits per heavy atom. The van der Waals surface area contributed by atoms with Crippen LogP contribution in [-0.2, 0) is 4.74 Å². The van der Waals surface area contributed by atoms with Crippen LogP contribution in [0.4, 0.5) is 10.5 Å². The van der Waals surface area contributed by atoms with Crippen LogP contribution in [0.15, 0.2) is 76.2 Å². The van der Waals surface area contributed by atoms with Crippen molar-refractivity contribution < 1.29 is 28.2 Å². The average molecular weight is 546 g/mol. The van der Waals surface area contributed by atoms with Crippen LogP contribution in [0.5, 0.6) is 5.88 Å². The molecule has 1 aromatic carbocycles. The van der Waals surface area contributed by atoms with Crippen LogP contribution < -0.4 is 10.1 Å². The van der Waals surface area contributed by atoms with E-state index in [1.165, 1.54) is 6.20 Å². The van der Waals surface area contributed by atoms with Gasteiger partial charge in [0.05, 0.1) is 17.4 Å². The van der Waals surface area contributed by atoms with Gasteiger partial charge in [-0.15, -0.1) is 0 Å². The molecule has 4 aromatic rings. The number of pyridine rings is 1. The lowest BCUT2D eigenvalue weighted by Crippen LogP contribution is -2.16. The van der Waals surface area contributed by atoms with Crippen molar-refractivity contribution in [1.29, 1.82) is 0 Å². The molecule has 1 aliphatic carbocycles. The number of aliphatic hydroxyl groups is 1. The summed E-state index contributed by atoms with van der Waals surface area (Å²) in [6.07, 6.45) is 3.15. The molecule has 0 bridgehead atoms. The highest BCUT2D eigenvalue weighted by Gasteiger charge is 2.50. The zero-order valence-corrected chi connectivity index (χ0v) is 22.0. The minimum absolute atomic E-state index is 0.00727. The van der Waals surface area contributed by atoms with Gasteiger partial charge in [0.1, 0.15) is 17.6 Å². The van der Waals surface area contributed by atoms with Crippen molar-refractivity contribution in [1.82, 2.24) is 9.97 Å². The Morgan fingerprint density at radius 2 is 2.00 bits per heavy atom. The van der Waals surface area contributed by atoms with Crippen molar-refractivity contribution in [2.24, 2.45) is 5.41 Å². The van der Waals surface area contributed by atoms with Crippen LogP contribution in [0.2, 0.25) is 5.02 Å². The van der Waals surface area contributed by atoms with Crippen LogP contribution in [0.25, 0.3) is 11.0 Å². The highest BCUT2D eigenvalue weighted by Crippen LogP contribution is 2.55. The van der Waals surface area contributed by atoms with Gasteiger partial charge in [-0.25, -0.2) is 4.79 Å². The Balaban J connectivity index is 1.37. The van der Waals surface area contributed by atoms with Crippen LogP contribution in [0, 0.1) is 24.2 Å². The predicted molar refractivity (Wildman–Crippen MR) is 144 cm³/mol. The number of hydrogen-bond donors (Lipinski definition) is 2. The largest absolute Gasteiger partial charge is 0.512 e. The lowest BCUT2D eigenvalue weighted by Gasteiger charge is -2.16. The van der Waals surface area contributed by atoms with E-state index in [9.17, 15) is 9.90 Å². The second-order valence-electron chi connectivity index (χ2n) is 9.06. The predicted octanol–water partition coefficient (Wildman–Crippen LogP) is 7.23. The molecule has 39 heavy (non-hydrogen) atoms. The van der Waals surface area contributed by atoms with Crippen LogP contribution >= 0.6 is 11.6 Å². The van der Waals surface area contributed by atoms with E-state index in [1.807, 2.05) is 6.07 Å². The molecule has 198 valence electrons. The summed E-state index contributed by atoms with van der Waals surface area (Å²) < 4.78 is 22.8. The molecule has 0 aliphatic heterocycles. The average Bonchev–Trinajstić information content (AvgIpc) is 3.56. The molecular weight excluding hydrogens is 522 g/mol. The lowest BCUT2D eigenvalue weighted by molar-refractivity contribution is 0.121. The van der Waals surface area contributed by atoms with E-state index in [1.54, 1.807) is 44.3 Å². The number of oxazole rings is 1. The number of furan rings is 1. The van der Waals surface area contributed by atoms with Gasteiger partial charge in [-0.1, -0.05) is 43.0 Å². The third kappa shape index (κ3) is 5.19. The maximum atomic E-state index is 12.8. The normalized spacial score (nSPS) is 14.1. The van der Waals surface area contributed by atoms with Gasteiger partial charge in [-0.05, 0) is 44.7 Å². The molecule has 2 N–H and O–H groups in total. The zero-order chi connectivity index (χ0) is 27.7. The maximum Gasteiger partial charge on any atom is 0.412 e. The van der Waals surface area contributed by atoms with Gasteiger partial charge in [0, 0.05) is 28.1 Å². The summed E-state index contributed by atoms with van der Waals surface area (Å²) in [6.45, 7) is 10.9. The van der Waals surface area contributed by atoms with Crippen LogP contribution in [0.3, 0.4) is 0 Å². The summed E-state index contributed by atoms with van der Waals surface area (Å²) in [5.74, 6) is 6.76. The molecule has 1 saturated carbocycles. The SMILES string of the molecule is C=C(O)C1(C(=C)Oc2nc(C#Cc3oc4cnccc4c3NC(=O)OC(C)c3ccccc3Cl)oc2C)CC1. The second kappa shape index (κ2) is 10.2. The molecule has 10 heteroatoms. The van der Waals surface area contributed by atoms with E-state index in [4.69, 9.17) is 29.9 Å². The van der Waals surface area contributed by atoms with E-state index in [-0.39, 0.29) is 23.3 Å². The third-order valence-corrected chi connectivity index (χ3v) is 6.78. The molecular formula is C29H24ClN3O6. The quantitative estimate of drug-likeness (QED) is 0.184. The van der Waals surface area contributed by atoms with Gasteiger partial charge in [0.25, 0.3) is 11.8 Å². The Hall–Kier alpha value is -4.68. The molecule has 0 spiro atoms. The van der Waals surface area contributed by atoms with Gasteiger partial charge in [-0.3, -0.25) is 10.3 Å². The smallest absolute Gasteiger partial charge is 0.412 e. The summed E-state index contributed by atoms with van der Waals surface area (Å²) in [6, 6.07) is 8.81. The van der Waals surface area contributed by atoms with Gasteiger partial charge in [0.15, 0.2) is 11.3 Å². The highest BCUT2D eigenvalue weighted by atomic mass is 35.5. The number of carbonyl (C=O) groups excluding carboxylic acids is 1. The van der Waals surface area contributed by atoms with Gasteiger partial charge >= 0.3 is 6.09 Å². The number of aromatic nitrogens is 2. The monoisotopic (exact) mass is 545 g/mol. The fourth-order valence-corrected chi connectivity index (χ4v) is 4.32. The number of carbonyl (C=O) groups is 1. The Labute approximate surface area is 229 Å². The summed E-state index contributed by atoms with van der Waals surface area (Å²) in [5.41, 5.74) is 0.741. The van der Waals surface area contributed by atoms with E-state index in [2.05, 4.69) is 40.3 Å².